The van der Waals surface area contributed by atoms with E-state index in [1.54, 1.807) is 23.0 Å². The summed E-state index contributed by atoms with van der Waals surface area (Å²) >= 11 is 0. The van der Waals surface area contributed by atoms with E-state index in [-0.39, 0.29) is 12.0 Å². The largest absolute Gasteiger partial charge is 0.475 e. The SMILES string of the molecule is CC[C@@H](C)Oc1cc(C(=O)Nc2[nH]nc3c2c(C)nn3C)ccn1. The van der Waals surface area contributed by atoms with Gasteiger partial charge in [-0.25, -0.2) is 9.67 Å². The van der Waals surface area contributed by atoms with Crippen molar-refractivity contribution in [2.45, 2.75) is 33.3 Å². The van der Waals surface area contributed by atoms with Crippen molar-refractivity contribution >= 4 is 22.8 Å². The Balaban J connectivity index is 1.83. The third-order valence-corrected chi connectivity index (χ3v) is 3.85. The maximum atomic E-state index is 12.5. The standard InChI is InChI=1S/C16H20N6O2/c1-5-9(2)24-12-8-11(6-7-17-12)16(23)18-14-13-10(3)21-22(4)15(13)20-19-14/h6-9H,5H2,1-4H3,(H2,18,19,20,23)/t9-/m1/s1. The second kappa shape index (κ2) is 6.31. The lowest BCUT2D eigenvalue weighted by atomic mass is 10.2. The van der Waals surface area contributed by atoms with Gasteiger partial charge in [-0.05, 0) is 26.3 Å². The van der Waals surface area contributed by atoms with Gasteiger partial charge < -0.3 is 10.1 Å². The lowest BCUT2D eigenvalue weighted by molar-refractivity contribution is 0.102. The molecule has 1 atom stereocenters. The van der Waals surface area contributed by atoms with Gasteiger partial charge in [-0.3, -0.25) is 9.89 Å². The molecule has 8 nitrogen and oxygen atoms in total. The average molecular weight is 328 g/mol. The molecule has 0 unspecified atom stereocenters. The number of aromatic nitrogens is 5. The second-order valence-corrected chi connectivity index (χ2v) is 5.68. The summed E-state index contributed by atoms with van der Waals surface area (Å²) in [6, 6.07) is 3.27. The summed E-state index contributed by atoms with van der Waals surface area (Å²) in [5.41, 5.74) is 1.96. The van der Waals surface area contributed by atoms with Gasteiger partial charge in [0.1, 0.15) is 5.82 Å². The van der Waals surface area contributed by atoms with Crippen LogP contribution >= 0.6 is 0 Å². The van der Waals surface area contributed by atoms with E-state index in [4.69, 9.17) is 4.74 Å². The number of aromatic amines is 1. The zero-order valence-electron chi connectivity index (χ0n) is 14.1. The number of amides is 1. The molecule has 0 spiro atoms. The number of pyridine rings is 1. The monoisotopic (exact) mass is 328 g/mol. The molecule has 0 aliphatic heterocycles. The number of fused-ring (bicyclic) bond motifs is 1. The minimum Gasteiger partial charge on any atom is -0.475 e. The Morgan fingerprint density at radius 3 is 3.04 bits per heavy atom. The van der Waals surface area contributed by atoms with Crippen LogP contribution in [0.4, 0.5) is 5.82 Å². The van der Waals surface area contributed by atoms with Crippen LogP contribution in [-0.2, 0) is 7.05 Å². The summed E-state index contributed by atoms with van der Waals surface area (Å²) in [5.74, 6) is 0.700. The zero-order chi connectivity index (χ0) is 17.3. The first-order chi connectivity index (χ1) is 11.5. The van der Waals surface area contributed by atoms with E-state index in [1.807, 2.05) is 27.8 Å². The van der Waals surface area contributed by atoms with E-state index in [0.717, 1.165) is 17.5 Å². The number of carbonyl (C=O) groups is 1. The van der Waals surface area contributed by atoms with Crippen molar-refractivity contribution in [2.24, 2.45) is 7.05 Å². The van der Waals surface area contributed by atoms with Gasteiger partial charge in [0.05, 0.1) is 17.2 Å². The molecule has 0 aliphatic carbocycles. The topological polar surface area (TPSA) is 97.7 Å². The average Bonchev–Trinajstić information content (AvgIpc) is 3.10. The number of rotatable bonds is 5. The van der Waals surface area contributed by atoms with Gasteiger partial charge in [-0.15, -0.1) is 0 Å². The molecule has 1 amide bonds. The predicted octanol–water partition coefficient (Wildman–Crippen LogP) is 2.43. The van der Waals surface area contributed by atoms with Gasteiger partial charge in [0.25, 0.3) is 5.91 Å². The number of nitrogens with zero attached hydrogens (tertiary/aromatic N) is 4. The van der Waals surface area contributed by atoms with Gasteiger partial charge in [0.2, 0.25) is 5.88 Å². The molecule has 3 rings (SSSR count). The quantitative estimate of drug-likeness (QED) is 0.749. The van der Waals surface area contributed by atoms with E-state index in [0.29, 0.717) is 22.9 Å². The molecule has 8 heteroatoms. The maximum Gasteiger partial charge on any atom is 0.257 e. The third-order valence-electron chi connectivity index (χ3n) is 3.85. The van der Waals surface area contributed by atoms with Crippen molar-refractivity contribution in [2.75, 3.05) is 5.32 Å². The minimum absolute atomic E-state index is 0.0427. The van der Waals surface area contributed by atoms with E-state index in [2.05, 4.69) is 25.6 Å². The van der Waals surface area contributed by atoms with E-state index in [1.165, 1.54) is 0 Å². The predicted molar refractivity (Wildman–Crippen MR) is 90.2 cm³/mol. The highest BCUT2D eigenvalue weighted by Crippen LogP contribution is 2.24. The fraction of sp³-hybridized carbons (Fsp3) is 0.375. The van der Waals surface area contributed by atoms with Gasteiger partial charge >= 0.3 is 0 Å². The summed E-state index contributed by atoms with van der Waals surface area (Å²) in [6.45, 7) is 5.86. The normalized spacial score (nSPS) is 12.3. The number of H-pyrrole nitrogens is 1. The fourth-order valence-electron chi connectivity index (χ4n) is 2.41. The first-order valence-electron chi connectivity index (χ1n) is 7.81. The highest BCUT2D eigenvalue weighted by molar-refractivity contribution is 6.08. The zero-order valence-corrected chi connectivity index (χ0v) is 14.1. The fourth-order valence-corrected chi connectivity index (χ4v) is 2.41. The molecule has 0 fully saturated rings. The number of hydrogen-bond donors (Lipinski definition) is 2. The molecule has 126 valence electrons. The molecule has 3 aromatic rings. The van der Waals surface area contributed by atoms with Crippen molar-refractivity contribution in [3.8, 4) is 5.88 Å². The van der Waals surface area contributed by atoms with Crippen molar-refractivity contribution in [1.82, 2.24) is 25.0 Å². The number of carbonyl (C=O) groups excluding carboxylic acids is 1. The smallest absolute Gasteiger partial charge is 0.257 e. The summed E-state index contributed by atoms with van der Waals surface area (Å²) in [4.78, 5) is 16.7. The number of hydrogen-bond acceptors (Lipinski definition) is 5. The number of ether oxygens (including phenoxy) is 1. The molecule has 24 heavy (non-hydrogen) atoms. The van der Waals surface area contributed by atoms with Crippen LogP contribution < -0.4 is 10.1 Å². The van der Waals surface area contributed by atoms with Crippen molar-refractivity contribution in [3.63, 3.8) is 0 Å². The molecule has 2 N–H and O–H groups in total. The molecular formula is C16H20N6O2. The van der Waals surface area contributed by atoms with Gasteiger partial charge in [0.15, 0.2) is 5.65 Å². The van der Waals surface area contributed by atoms with Crippen LogP contribution in [0.3, 0.4) is 0 Å². The molecule has 0 aromatic carbocycles. The van der Waals surface area contributed by atoms with Gasteiger partial charge in [-0.1, -0.05) is 6.92 Å². The van der Waals surface area contributed by atoms with Crippen LogP contribution in [0, 0.1) is 6.92 Å². The lowest BCUT2D eigenvalue weighted by Crippen LogP contribution is -2.14. The van der Waals surface area contributed by atoms with Crippen molar-refractivity contribution in [3.05, 3.63) is 29.6 Å². The van der Waals surface area contributed by atoms with Crippen LogP contribution in [0.1, 0.15) is 36.3 Å². The van der Waals surface area contributed by atoms with Crippen LogP contribution in [0.2, 0.25) is 0 Å². The molecule has 0 bridgehead atoms. The van der Waals surface area contributed by atoms with Crippen LogP contribution in [0.5, 0.6) is 5.88 Å². The first kappa shape index (κ1) is 16.0. The first-order valence-corrected chi connectivity index (χ1v) is 7.81. The molecular weight excluding hydrogens is 308 g/mol. The Kier molecular flexibility index (Phi) is 4.20. The highest BCUT2D eigenvalue weighted by atomic mass is 16.5. The Labute approximate surface area is 139 Å². The Morgan fingerprint density at radius 2 is 2.29 bits per heavy atom. The Morgan fingerprint density at radius 1 is 1.50 bits per heavy atom. The van der Waals surface area contributed by atoms with Gasteiger partial charge in [-0.2, -0.15) is 10.2 Å². The maximum absolute atomic E-state index is 12.5. The van der Waals surface area contributed by atoms with E-state index in [9.17, 15) is 4.79 Å². The molecule has 0 saturated heterocycles. The minimum atomic E-state index is -0.264. The summed E-state index contributed by atoms with van der Waals surface area (Å²) in [6.07, 6.45) is 2.47. The molecule has 3 aromatic heterocycles. The Hall–Kier alpha value is -2.90. The van der Waals surface area contributed by atoms with E-state index < -0.39 is 0 Å². The molecule has 0 saturated carbocycles. The molecule has 3 heterocycles. The Bertz CT molecular complexity index is 882. The highest BCUT2D eigenvalue weighted by Gasteiger charge is 2.17. The summed E-state index contributed by atoms with van der Waals surface area (Å²) in [5, 5.41) is 15.0. The number of anilines is 1. The molecule has 0 aliphatic rings. The van der Waals surface area contributed by atoms with Crippen LogP contribution in [-0.4, -0.2) is 37.0 Å². The number of aryl methyl sites for hydroxylation is 2. The van der Waals surface area contributed by atoms with E-state index >= 15 is 0 Å². The molecule has 0 radical (unpaired) electrons. The summed E-state index contributed by atoms with van der Waals surface area (Å²) in [7, 11) is 1.81. The number of nitrogens with one attached hydrogen (secondary N) is 2. The van der Waals surface area contributed by atoms with Crippen LogP contribution in [0.25, 0.3) is 11.0 Å². The summed E-state index contributed by atoms with van der Waals surface area (Å²) < 4.78 is 7.33. The van der Waals surface area contributed by atoms with Crippen molar-refractivity contribution in [1.29, 1.82) is 0 Å². The second-order valence-electron chi connectivity index (χ2n) is 5.68. The van der Waals surface area contributed by atoms with Crippen LogP contribution in [0.15, 0.2) is 18.3 Å². The third kappa shape index (κ3) is 2.94. The lowest BCUT2D eigenvalue weighted by Gasteiger charge is -2.12. The van der Waals surface area contributed by atoms with Crippen molar-refractivity contribution < 1.29 is 9.53 Å². The van der Waals surface area contributed by atoms with Gasteiger partial charge in [0, 0.05) is 24.9 Å².